The third kappa shape index (κ3) is 12.5. The van der Waals surface area contributed by atoms with Gasteiger partial charge in [-0.1, -0.05) is 57.6 Å². The topological polar surface area (TPSA) is 149 Å². The molecule has 286 valence electrons. The second-order valence-corrected chi connectivity index (χ2v) is 16.5. The quantitative estimate of drug-likeness (QED) is 0.0903. The van der Waals surface area contributed by atoms with Crippen molar-refractivity contribution in [3.63, 3.8) is 0 Å². The predicted molar refractivity (Wildman–Crippen MR) is 204 cm³/mol. The van der Waals surface area contributed by atoms with Crippen LogP contribution in [-0.4, -0.2) is 116 Å². The van der Waals surface area contributed by atoms with Gasteiger partial charge in [0.25, 0.3) is 16.0 Å². The van der Waals surface area contributed by atoms with E-state index in [0.717, 1.165) is 44.3 Å². The van der Waals surface area contributed by atoms with E-state index < -0.39 is 21.8 Å². The van der Waals surface area contributed by atoms with Gasteiger partial charge in [-0.2, -0.15) is 8.42 Å². The number of oxime groups is 1. The van der Waals surface area contributed by atoms with Crippen molar-refractivity contribution in [1.29, 1.82) is 0 Å². The summed E-state index contributed by atoms with van der Waals surface area (Å²) in [5.41, 5.74) is 1.55. The molecular formula is C35H45Cl4N5O7S. The molecule has 0 spiro atoms. The number of benzene rings is 2. The Morgan fingerprint density at radius 2 is 1.73 bits per heavy atom. The fraction of sp³-hybridized carbons (Fsp3) is 0.543. The van der Waals surface area contributed by atoms with Crippen LogP contribution in [0.25, 0.3) is 0 Å². The fourth-order valence-corrected chi connectivity index (χ4v) is 8.04. The van der Waals surface area contributed by atoms with Crippen LogP contribution < -0.4 is 5.32 Å². The average molecular weight is 822 g/mol. The molecule has 3 amide bonds. The first-order valence-electron chi connectivity index (χ1n) is 17.2. The normalized spacial score (nSPS) is 18.3. The number of carbonyl (C=O) groups excluding carboxylic acids is 3. The lowest BCUT2D eigenvalue weighted by molar-refractivity contribution is -0.144. The van der Waals surface area contributed by atoms with Gasteiger partial charge in [0.1, 0.15) is 6.61 Å². The van der Waals surface area contributed by atoms with Crippen LogP contribution >= 0.6 is 46.4 Å². The maximum absolute atomic E-state index is 13.5. The van der Waals surface area contributed by atoms with Gasteiger partial charge in [-0.15, -0.1) is 0 Å². The smallest absolute Gasteiger partial charge is 0.264 e. The molecule has 0 saturated carbocycles. The molecule has 0 aromatic heterocycles. The van der Waals surface area contributed by atoms with E-state index in [2.05, 4.69) is 15.4 Å². The summed E-state index contributed by atoms with van der Waals surface area (Å²) in [7, 11) is -0.981. The van der Waals surface area contributed by atoms with Gasteiger partial charge in [-0.25, -0.2) is 0 Å². The van der Waals surface area contributed by atoms with Crippen molar-refractivity contribution in [1.82, 2.24) is 20.0 Å². The molecule has 2 aliphatic heterocycles. The minimum Gasteiger partial charge on any atom is -0.396 e. The third-order valence-electron chi connectivity index (χ3n) is 9.45. The zero-order valence-electron chi connectivity index (χ0n) is 29.2. The number of carbonyl (C=O) groups is 3. The molecule has 2 aliphatic rings. The highest BCUT2D eigenvalue weighted by Crippen LogP contribution is 2.32. The molecule has 0 radical (unpaired) electrons. The van der Waals surface area contributed by atoms with Gasteiger partial charge in [0.2, 0.25) is 11.8 Å². The maximum atomic E-state index is 13.5. The first-order chi connectivity index (χ1) is 24.6. The summed E-state index contributed by atoms with van der Waals surface area (Å²) < 4.78 is 31.6. The number of nitrogens with zero attached hydrogens (tertiary/aromatic N) is 4. The molecule has 2 N–H and O–H groups in total. The lowest BCUT2D eigenvalue weighted by atomic mass is 9.89. The number of hydrogen-bond acceptors (Lipinski definition) is 8. The molecule has 2 aromatic carbocycles. The van der Waals surface area contributed by atoms with Crippen LogP contribution in [-0.2, 0) is 24.5 Å². The second kappa shape index (κ2) is 19.6. The summed E-state index contributed by atoms with van der Waals surface area (Å²) >= 11 is 25.1. The molecular weight excluding hydrogens is 776 g/mol. The highest BCUT2D eigenvalue weighted by molar-refractivity contribution is 7.85. The zero-order valence-corrected chi connectivity index (χ0v) is 33.0. The van der Waals surface area contributed by atoms with Crippen LogP contribution in [0.2, 0.25) is 20.1 Å². The average Bonchev–Trinajstić information content (AvgIpc) is 3.09. The van der Waals surface area contributed by atoms with E-state index in [-0.39, 0.29) is 61.2 Å². The van der Waals surface area contributed by atoms with E-state index >= 15 is 0 Å². The third-order valence-corrected chi connectivity index (χ3v) is 11.4. The molecule has 52 heavy (non-hydrogen) atoms. The van der Waals surface area contributed by atoms with Gasteiger partial charge in [0.05, 0.1) is 28.1 Å². The van der Waals surface area contributed by atoms with Gasteiger partial charge < -0.3 is 24.9 Å². The SMILES string of the molecule is CNC(=O)CC1CCCN(C2CCN(CCC(C(CN(C)C(=O)c3cc(Cl)cc(Cl)c3)=NOCCCS(=O)(=O)O)c3ccc(Cl)c(Cl)c3)CC2)C1=O. The van der Waals surface area contributed by atoms with Crippen molar-refractivity contribution in [2.24, 2.45) is 11.1 Å². The van der Waals surface area contributed by atoms with Gasteiger partial charge in [-0.05, 0) is 74.5 Å². The zero-order chi connectivity index (χ0) is 38.0. The number of hydrogen-bond donors (Lipinski definition) is 2. The van der Waals surface area contributed by atoms with Crippen molar-refractivity contribution in [2.75, 3.05) is 59.2 Å². The van der Waals surface area contributed by atoms with Crippen LogP contribution in [0, 0.1) is 5.92 Å². The highest BCUT2D eigenvalue weighted by atomic mass is 35.5. The number of rotatable bonds is 16. The minimum absolute atomic E-state index is 0.00382. The lowest BCUT2D eigenvalue weighted by Gasteiger charge is -2.42. The Morgan fingerprint density at radius 3 is 2.37 bits per heavy atom. The van der Waals surface area contributed by atoms with E-state index in [1.807, 2.05) is 11.0 Å². The molecule has 0 bridgehead atoms. The van der Waals surface area contributed by atoms with E-state index in [9.17, 15) is 22.8 Å². The number of likely N-dealkylation sites (tertiary alicyclic amines) is 2. The van der Waals surface area contributed by atoms with Crippen LogP contribution in [0.5, 0.6) is 0 Å². The summed E-state index contributed by atoms with van der Waals surface area (Å²) in [5, 5.41) is 8.40. The van der Waals surface area contributed by atoms with E-state index in [1.165, 1.54) is 23.1 Å². The predicted octanol–water partition coefficient (Wildman–Crippen LogP) is 6.04. The van der Waals surface area contributed by atoms with E-state index in [0.29, 0.717) is 45.3 Å². The molecule has 2 heterocycles. The Kier molecular flexibility index (Phi) is 15.9. The molecule has 4 rings (SSSR count). The fourth-order valence-electron chi connectivity index (χ4n) is 6.72. The Morgan fingerprint density at radius 1 is 1.04 bits per heavy atom. The summed E-state index contributed by atoms with van der Waals surface area (Å²) in [6.45, 7) is 2.80. The number of halogens is 4. The first kappa shape index (κ1) is 42.1. The van der Waals surface area contributed by atoms with Crippen molar-refractivity contribution < 1.29 is 32.2 Å². The van der Waals surface area contributed by atoms with Crippen molar-refractivity contribution in [3.05, 3.63) is 67.6 Å². The van der Waals surface area contributed by atoms with Crippen LogP contribution in [0.1, 0.15) is 66.8 Å². The molecule has 2 unspecified atom stereocenters. The Labute approximate surface area is 325 Å². The highest BCUT2D eigenvalue weighted by Gasteiger charge is 2.36. The van der Waals surface area contributed by atoms with Crippen molar-refractivity contribution in [2.45, 2.75) is 56.9 Å². The molecule has 12 nitrogen and oxygen atoms in total. The number of nitrogens with one attached hydrogen (secondary N) is 1. The van der Waals surface area contributed by atoms with Gasteiger partial charge in [0.15, 0.2) is 0 Å². The molecule has 2 saturated heterocycles. The molecule has 2 aromatic rings. The van der Waals surface area contributed by atoms with E-state index in [1.54, 1.807) is 26.2 Å². The Hall–Kier alpha value is -2.65. The van der Waals surface area contributed by atoms with E-state index in [4.69, 9.17) is 55.8 Å². The lowest BCUT2D eigenvalue weighted by Crippen LogP contribution is -2.52. The monoisotopic (exact) mass is 819 g/mol. The van der Waals surface area contributed by atoms with Gasteiger partial charge in [0, 0.05) is 80.1 Å². The molecule has 17 heteroatoms. The summed E-state index contributed by atoms with van der Waals surface area (Å²) in [6, 6.07) is 9.97. The molecule has 2 atom stereocenters. The Bertz CT molecular complexity index is 1700. The summed E-state index contributed by atoms with van der Waals surface area (Å²) in [5.74, 6) is -1.60. The van der Waals surface area contributed by atoms with Gasteiger partial charge >= 0.3 is 0 Å². The van der Waals surface area contributed by atoms with Gasteiger partial charge in [-0.3, -0.25) is 18.9 Å². The summed E-state index contributed by atoms with van der Waals surface area (Å²) in [6.07, 6.45) is 3.96. The van der Waals surface area contributed by atoms with Crippen LogP contribution in [0.3, 0.4) is 0 Å². The second-order valence-electron chi connectivity index (χ2n) is 13.2. The standard InChI is InChI=1S/C35H45Cl4N5O7S/c1-40-33(45)20-24-5-3-11-44(35(24)47)28-8-12-43(13-9-28)14-10-29(23-6-7-30(38)31(39)19-23)32(41-51-15-4-16-52(48,49)50)22-42(2)34(46)25-17-26(36)21-27(37)18-25/h6-7,17-19,21,24,28-29H,3-5,8-16,20,22H2,1-2H3,(H,40,45)(H,48,49,50). The molecule has 2 fully saturated rings. The van der Waals surface area contributed by atoms with Crippen molar-refractivity contribution in [3.8, 4) is 0 Å². The molecule has 0 aliphatic carbocycles. The minimum atomic E-state index is -4.18. The largest absolute Gasteiger partial charge is 0.396 e. The first-order valence-corrected chi connectivity index (χ1v) is 20.3. The number of amides is 3. The van der Waals surface area contributed by atoms with Crippen molar-refractivity contribution >= 4 is 80.0 Å². The van der Waals surface area contributed by atoms with Crippen LogP contribution in [0.4, 0.5) is 0 Å². The Balaban J connectivity index is 1.52. The maximum Gasteiger partial charge on any atom is 0.264 e. The summed E-state index contributed by atoms with van der Waals surface area (Å²) in [4.78, 5) is 50.2. The number of piperidine rings is 2. The van der Waals surface area contributed by atoms with Crippen LogP contribution in [0.15, 0.2) is 41.6 Å².